The molecule has 0 saturated carbocycles. The molecule has 0 aliphatic carbocycles. The average molecular weight is 377 g/mol. The number of hydrogen-bond acceptors (Lipinski definition) is 3. The molecule has 0 unspecified atom stereocenters. The normalized spacial score (nSPS) is 14.1. The summed E-state index contributed by atoms with van der Waals surface area (Å²) in [7, 11) is 0. The van der Waals surface area contributed by atoms with Gasteiger partial charge in [-0.05, 0) is 48.6 Å². The van der Waals surface area contributed by atoms with Gasteiger partial charge >= 0.3 is 0 Å². The molecule has 0 aromatic heterocycles. The number of benzene rings is 2. The number of fused-ring (bicyclic) bond motifs is 1. The van der Waals surface area contributed by atoms with Crippen molar-refractivity contribution in [1.82, 2.24) is 0 Å². The van der Waals surface area contributed by atoms with E-state index in [9.17, 15) is 4.79 Å². The first-order chi connectivity index (χ1) is 10.7. The van der Waals surface area contributed by atoms with Gasteiger partial charge in [0.1, 0.15) is 0 Å². The summed E-state index contributed by atoms with van der Waals surface area (Å²) in [4.78, 5) is 15.7. The first kappa shape index (κ1) is 15.4. The van der Waals surface area contributed by atoms with Crippen molar-refractivity contribution in [3.05, 3.63) is 53.0 Å². The number of amides is 1. The average Bonchev–Trinajstić information content (AvgIpc) is 2.72. The summed E-state index contributed by atoms with van der Waals surface area (Å²) in [5.74, 6) is 1.12. The van der Waals surface area contributed by atoms with E-state index in [-0.39, 0.29) is 5.91 Å². The molecule has 0 atom stereocenters. The summed E-state index contributed by atoms with van der Waals surface area (Å²) < 4.78 is 1.00. The summed E-state index contributed by atoms with van der Waals surface area (Å²) in [6, 6.07) is 16.0. The van der Waals surface area contributed by atoms with E-state index in [0.29, 0.717) is 6.54 Å². The lowest BCUT2D eigenvalue weighted by atomic mass is 10.2. The Morgan fingerprint density at radius 3 is 2.77 bits per heavy atom. The Hall–Kier alpha value is -1.46. The Morgan fingerprint density at radius 2 is 1.95 bits per heavy atom. The van der Waals surface area contributed by atoms with Crippen LogP contribution in [0.5, 0.6) is 0 Å². The second-order valence-electron chi connectivity index (χ2n) is 5.15. The van der Waals surface area contributed by atoms with E-state index in [2.05, 4.69) is 44.3 Å². The van der Waals surface area contributed by atoms with Crippen LogP contribution in [0, 0.1) is 0 Å². The number of nitrogens with one attached hydrogen (secondary N) is 1. The maximum Gasteiger partial charge on any atom is 0.243 e. The van der Waals surface area contributed by atoms with Gasteiger partial charge in [0.2, 0.25) is 5.91 Å². The molecule has 0 saturated heterocycles. The molecular weight excluding hydrogens is 360 g/mol. The molecule has 1 heterocycles. The summed E-state index contributed by atoms with van der Waals surface area (Å²) in [5.41, 5.74) is 1.99. The van der Waals surface area contributed by atoms with Crippen molar-refractivity contribution in [3.8, 4) is 0 Å². The molecule has 0 spiro atoms. The zero-order valence-corrected chi connectivity index (χ0v) is 14.5. The minimum absolute atomic E-state index is 0.0176. The number of para-hydroxylation sites is 1. The number of carbonyl (C=O) groups is 1. The molecule has 5 heteroatoms. The van der Waals surface area contributed by atoms with E-state index in [0.717, 1.165) is 34.6 Å². The third kappa shape index (κ3) is 3.84. The number of anilines is 2. The molecule has 1 aliphatic heterocycles. The lowest BCUT2D eigenvalue weighted by Crippen LogP contribution is -2.34. The second-order valence-corrected chi connectivity index (χ2v) is 7.20. The van der Waals surface area contributed by atoms with Gasteiger partial charge < -0.3 is 10.2 Å². The lowest BCUT2D eigenvalue weighted by molar-refractivity contribution is -0.115. The van der Waals surface area contributed by atoms with Gasteiger partial charge in [0.25, 0.3) is 0 Å². The first-order valence-corrected chi connectivity index (χ1v) is 9.02. The molecule has 3 nitrogen and oxygen atoms in total. The van der Waals surface area contributed by atoms with Crippen LogP contribution in [0.25, 0.3) is 0 Å². The zero-order valence-electron chi connectivity index (χ0n) is 12.1. The van der Waals surface area contributed by atoms with Crippen LogP contribution in [-0.2, 0) is 4.79 Å². The monoisotopic (exact) mass is 376 g/mol. The van der Waals surface area contributed by atoms with Crippen molar-refractivity contribution in [2.45, 2.75) is 11.3 Å². The molecular formula is C17H17BrN2OS. The van der Waals surface area contributed by atoms with Gasteiger partial charge in [0, 0.05) is 21.6 Å². The van der Waals surface area contributed by atoms with Crippen LogP contribution in [-0.4, -0.2) is 24.7 Å². The van der Waals surface area contributed by atoms with E-state index < -0.39 is 0 Å². The number of nitrogens with zero attached hydrogens (tertiary/aromatic N) is 1. The van der Waals surface area contributed by atoms with Crippen molar-refractivity contribution in [1.29, 1.82) is 0 Å². The molecule has 1 amide bonds. The Kier molecular flexibility index (Phi) is 5.05. The first-order valence-electron chi connectivity index (χ1n) is 7.24. The van der Waals surface area contributed by atoms with Crippen LogP contribution in [0.3, 0.4) is 0 Å². The van der Waals surface area contributed by atoms with Crippen LogP contribution in [0.1, 0.15) is 6.42 Å². The van der Waals surface area contributed by atoms with E-state index in [1.807, 2.05) is 42.1 Å². The minimum Gasteiger partial charge on any atom is -0.361 e. The van der Waals surface area contributed by atoms with Crippen molar-refractivity contribution < 1.29 is 4.79 Å². The van der Waals surface area contributed by atoms with Gasteiger partial charge in [-0.3, -0.25) is 4.79 Å². The smallest absolute Gasteiger partial charge is 0.243 e. The molecule has 0 bridgehead atoms. The van der Waals surface area contributed by atoms with Gasteiger partial charge in [-0.2, -0.15) is 0 Å². The highest BCUT2D eigenvalue weighted by atomic mass is 79.9. The van der Waals surface area contributed by atoms with E-state index in [1.54, 1.807) is 0 Å². The van der Waals surface area contributed by atoms with Crippen LogP contribution in [0.15, 0.2) is 57.9 Å². The lowest BCUT2D eigenvalue weighted by Gasteiger charge is -2.23. The summed E-state index contributed by atoms with van der Waals surface area (Å²) >= 11 is 5.26. The van der Waals surface area contributed by atoms with Gasteiger partial charge in [-0.25, -0.2) is 0 Å². The maximum atomic E-state index is 12.3. The molecule has 114 valence electrons. The number of hydrogen-bond donors (Lipinski definition) is 1. The number of halogens is 1. The fraction of sp³-hybridized carbons (Fsp3) is 0.235. The molecule has 22 heavy (non-hydrogen) atoms. The van der Waals surface area contributed by atoms with Gasteiger partial charge in [0.15, 0.2) is 0 Å². The Bertz CT molecular complexity index is 660. The Balaban J connectivity index is 1.69. The van der Waals surface area contributed by atoms with Crippen molar-refractivity contribution in [2.75, 3.05) is 29.1 Å². The number of thioether (sulfide) groups is 1. The topological polar surface area (TPSA) is 32.3 Å². The largest absolute Gasteiger partial charge is 0.361 e. The number of rotatable bonds is 3. The number of carbonyl (C=O) groups excluding carboxylic acids is 1. The third-order valence-electron chi connectivity index (χ3n) is 3.50. The zero-order chi connectivity index (χ0) is 15.4. The quantitative estimate of drug-likeness (QED) is 0.861. The predicted octanol–water partition coefficient (Wildman–Crippen LogP) is 4.39. The molecule has 0 radical (unpaired) electrons. The molecule has 1 aliphatic rings. The van der Waals surface area contributed by atoms with Crippen LogP contribution in [0.2, 0.25) is 0 Å². The Labute approximate surface area is 143 Å². The molecule has 0 fully saturated rings. The molecule has 2 aromatic rings. The van der Waals surface area contributed by atoms with Crippen molar-refractivity contribution >= 4 is 45.0 Å². The SMILES string of the molecule is O=C(CN1CCCSc2ccccc21)Nc1ccc(Br)cc1. The summed E-state index contributed by atoms with van der Waals surface area (Å²) in [5, 5.41) is 2.96. The molecule has 3 rings (SSSR count). The van der Waals surface area contributed by atoms with Crippen LogP contribution < -0.4 is 10.2 Å². The van der Waals surface area contributed by atoms with Crippen molar-refractivity contribution in [2.24, 2.45) is 0 Å². The molecule has 2 aromatic carbocycles. The highest BCUT2D eigenvalue weighted by Gasteiger charge is 2.17. The second kappa shape index (κ2) is 7.20. The Morgan fingerprint density at radius 1 is 1.18 bits per heavy atom. The van der Waals surface area contributed by atoms with Gasteiger partial charge in [-0.15, -0.1) is 11.8 Å². The standard InChI is InChI=1S/C17H17BrN2OS/c18-13-6-8-14(9-7-13)19-17(21)12-20-10-3-11-22-16-5-2-1-4-15(16)20/h1-2,4-9H,3,10-12H2,(H,19,21). The van der Waals surface area contributed by atoms with Gasteiger partial charge in [0.05, 0.1) is 12.2 Å². The fourth-order valence-corrected chi connectivity index (χ4v) is 3.75. The van der Waals surface area contributed by atoms with Crippen LogP contribution >= 0.6 is 27.7 Å². The highest BCUT2D eigenvalue weighted by Crippen LogP contribution is 2.33. The fourth-order valence-electron chi connectivity index (χ4n) is 2.47. The summed E-state index contributed by atoms with van der Waals surface area (Å²) in [6.45, 7) is 1.30. The van der Waals surface area contributed by atoms with E-state index in [1.165, 1.54) is 4.90 Å². The summed E-state index contributed by atoms with van der Waals surface area (Å²) in [6.07, 6.45) is 1.09. The van der Waals surface area contributed by atoms with E-state index in [4.69, 9.17) is 0 Å². The van der Waals surface area contributed by atoms with Gasteiger partial charge in [-0.1, -0.05) is 28.1 Å². The predicted molar refractivity (Wildman–Crippen MR) is 96.8 cm³/mol. The third-order valence-corrected chi connectivity index (χ3v) is 5.18. The maximum absolute atomic E-state index is 12.3. The van der Waals surface area contributed by atoms with Crippen LogP contribution in [0.4, 0.5) is 11.4 Å². The molecule has 1 N–H and O–H groups in total. The van der Waals surface area contributed by atoms with E-state index >= 15 is 0 Å². The van der Waals surface area contributed by atoms with Crippen molar-refractivity contribution in [3.63, 3.8) is 0 Å². The minimum atomic E-state index is 0.0176. The highest BCUT2D eigenvalue weighted by molar-refractivity contribution is 9.10.